The Morgan fingerprint density at radius 3 is 2.07 bits per heavy atom. The summed E-state index contributed by atoms with van der Waals surface area (Å²) in [5.74, 6) is 0.977. The largest absolute Gasteiger partial charge is 0.300 e. The predicted molar refractivity (Wildman–Crippen MR) is 61.3 cm³/mol. The molecule has 1 heterocycles. The molecule has 2 rings (SSSR count). The molecule has 0 aromatic carbocycles. The van der Waals surface area contributed by atoms with Crippen LogP contribution in [0.25, 0.3) is 0 Å². The van der Waals surface area contributed by atoms with Gasteiger partial charge in [-0.3, -0.25) is 4.90 Å². The summed E-state index contributed by atoms with van der Waals surface area (Å²) in [7, 11) is 0. The van der Waals surface area contributed by atoms with Crippen molar-refractivity contribution in [2.75, 3.05) is 13.1 Å². The lowest BCUT2D eigenvalue weighted by atomic mass is 9.48. The van der Waals surface area contributed by atoms with Gasteiger partial charge in [-0.15, -0.1) is 0 Å². The Bertz CT molecular complexity index is 218. The first-order valence-electron chi connectivity index (χ1n) is 6.09. The van der Waals surface area contributed by atoms with Crippen molar-refractivity contribution in [1.29, 1.82) is 0 Å². The van der Waals surface area contributed by atoms with Crippen molar-refractivity contribution in [3.63, 3.8) is 0 Å². The van der Waals surface area contributed by atoms with Crippen molar-refractivity contribution in [2.45, 2.75) is 53.5 Å². The summed E-state index contributed by atoms with van der Waals surface area (Å²) < 4.78 is 0. The summed E-state index contributed by atoms with van der Waals surface area (Å²) in [5.41, 5.74) is 1.25. The molecule has 1 unspecified atom stereocenters. The number of hydrogen-bond acceptors (Lipinski definition) is 1. The molecular formula is C13H25N. The van der Waals surface area contributed by atoms with Crippen molar-refractivity contribution < 1.29 is 0 Å². The van der Waals surface area contributed by atoms with E-state index < -0.39 is 0 Å². The first-order chi connectivity index (χ1) is 6.35. The van der Waals surface area contributed by atoms with Gasteiger partial charge in [-0.05, 0) is 43.4 Å². The van der Waals surface area contributed by atoms with Crippen LogP contribution >= 0.6 is 0 Å². The molecule has 0 bridgehead atoms. The molecular weight excluding hydrogens is 170 g/mol. The van der Waals surface area contributed by atoms with E-state index in [2.05, 4.69) is 39.5 Å². The Morgan fingerprint density at radius 2 is 1.79 bits per heavy atom. The van der Waals surface area contributed by atoms with Gasteiger partial charge in [-0.2, -0.15) is 0 Å². The highest BCUT2D eigenvalue weighted by molar-refractivity contribution is 5.09. The molecule has 2 aliphatic rings. The Kier molecular flexibility index (Phi) is 2.23. The van der Waals surface area contributed by atoms with Gasteiger partial charge in [0.15, 0.2) is 0 Å². The van der Waals surface area contributed by atoms with Crippen LogP contribution in [0.4, 0.5) is 0 Å². The quantitative estimate of drug-likeness (QED) is 0.621. The highest BCUT2D eigenvalue weighted by atomic mass is 15.2. The molecule has 14 heavy (non-hydrogen) atoms. The minimum Gasteiger partial charge on any atom is -0.300 e. The van der Waals surface area contributed by atoms with Gasteiger partial charge in [0, 0.05) is 19.1 Å². The molecule has 2 fully saturated rings. The van der Waals surface area contributed by atoms with E-state index in [1.165, 1.54) is 25.9 Å². The van der Waals surface area contributed by atoms with Gasteiger partial charge in [0.25, 0.3) is 0 Å². The summed E-state index contributed by atoms with van der Waals surface area (Å²) in [6.45, 7) is 14.6. The zero-order valence-electron chi connectivity index (χ0n) is 10.4. The minimum atomic E-state index is 0.529. The Morgan fingerprint density at radius 1 is 1.21 bits per heavy atom. The summed E-state index contributed by atoms with van der Waals surface area (Å²) in [5, 5.41) is 0. The van der Waals surface area contributed by atoms with E-state index in [4.69, 9.17) is 0 Å². The fraction of sp³-hybridized carbons (Fsp3) is 1.00. The average Bonchev–Trinajstić information content (AvgIpc) is 1.74. The van der Waals surface area contributed by atoms with Crippen LogP contribution < -0.4 is 0 Å². The van der Waals surface area contributed by atoms with Crippen LogP contribution in [0.2, 0.25) is 0 Å². The molecule has 0 aromatic rings. The first kappa shape index (κ1) is 10.5. The zero-order chi connectivity index (χ0) is 10.6. The third-order valence-electron chi connectivity index (χ3n) is 4.48. The summed E-state index contributed by atoms with van der Waals surface area (Å²) >= 11 is 0. The van der Waals surface area contributed by atoms with Gasteiger partial charge in [-0.25, -0.2) is 0 Å². The van der Waals surface area contributed by atoms with E-state index in [0.717, 1.165) is 17.4 Å². The number of nitrogens with zero attached hydrogens (tertiary/aromatic N) is 1. The van der Waals surface area contributed by atoms with E-state index in [0.29, 0.717) is 5.41 Å². The van der Waals surface area contributed by atoms with E-state index in [1.807, 2.05) is 0 Å². The fourth-order valence-electron chi connectivity index (χ4n) is 3.55. The molecule has 1 saturated heterocycles. The summed E-state index contributed by atoms with van der Waals surface area (Å²) in [4.78, 5) is 2.62. The van der Waals surface area contributed by atoms with Crippen molar-refractivity contribution >= 4 is 0 Å². The maximum absolute atomic E-state index is 2.62. The van der Waals surface area contributed by atoms with Crippen LogP contribution in [0.3, 0.4) is 0 Å². The zero-order valence-corrected chi connectivity index (χ0v) is 10.4. The molecule has 1 saturated carbocycles. The number of rotatable bonds is 1. The third-order valence-corrected chi connectivity index (χ3v) is 4.48. The predicted octanol–water partition coefficient (Wildman–Crippen LogP) is 3.15. The van der Waals surface area contributed by atoms with Crippen LogP contribution in [0, 0.1) is 16.7 Å². The van der Waals surface area contributed by atoms with Gasteiger partial charge >= 0.3 is 0 Å². The highest BCUT2D eigenvalue weighted by Gasteiger charge is 2.57. The van der Waals surface area contributed by atoms with E-state index in [-0.39, 0.29) is 0 Å². The van der Waals surface area contributed by atoms with Crippen LogP contribution in [0.1, 0.15) is 47.5 Å². The molecule has 1 atom stereocenters. The van der Waals surface area contributed by atoms with E-state index in [9.17, 15) is 0 Å². The van der Waals surface area contributed by atoms with Gasteiger partial charge in [0.1, 0.15) is 0 Å². The number of likely N-dealkylation sites (tertiary alicyclic amines) is 1. The maximum Gasteiger partial charge on any atom is 0.00561 e. The lowest BCUT2D eigenvalue weighted by molar-refractivity contribution is -0.160. The molecule has 0 radical (unpaired) electrons. The van der Waals surface area contributed by atoms with Crippen LogP contribution in [-0.4, -0.2) is 24.0 Å². The molecule has 82 valence electrons. The molecule has 0 aromatic heterocycles. The first-order valence-corrected chi connectivity index (χ1v) is 6.09. The number of hydrogen-bond donors (Lipinski definition) is 0. The van der Waals surface area contributed by atoms with Crippen molar-refractivity contribution in [1.82, 2.24) is 4.90 Å². The molecule has 1 aliphatic carbocycles. The van der Waals surface area contributed by atoms with Gasteiger partial charge in [0.2, 0.25) is 0 Å². The summed E-state index contributed by atoms with van der Waals surface area (Å²) in [6.07, 6.45) is 2.95. The monoisotopic (exact) mass is 195 g/mol. The minimum absolute atomic E-state index is 0.529. The lowest BCUT2D eigenvalue weighted by Gasteiger charge is -2.65. The third kappa shape index (κ3) is 1.41. The normalized spacial score (nSPS) is 31.7. The Labute approximate surface area is 88.9 Å². The van der Waals surface area contributed by atoms with Crippen molar-refractivity contribution in [3.8, 4) is 0 Å². The van der Waals surface area contributed by atoms with Gasteiger partial charge in [0.05, 0.1) is 0 Å². The second kappa shape index (κ2) is 2.98. The summed E-state index contributed by atoms with van der Waals surface area (Å²) in [6, 6.07) is 0.752. The highest BCUT2D eigenvalue weighted by Crippen LogP contribution is 2.59. The molecule has 1 aliphatic heterocycles. The second-order valence-electron chi connectivity index (χ2n) is 6.82. The van der Waals surface area contributed by atoms with Crippen LogP contribution in [0.15, 0.2) is 0 Å². The van der Waals surface area contributed by atoms with Crippen molar-refractivity contribution in [2.24, 2.45) is 16.7 Å². The van der Waals surface area contributed by atoms with Crippen LogP contribution in [0.5, 0.6) is 0 Å². The molecule has 0 amide bonds. The second-order valence-corrected chi connectivity index (χ2v) is 6.82. The SMILES string of the molecule is CC(C)N1CC2(CCC2C(C)(C)C)C1. The standard InChI is InChI=1S/C13H25N/c1-10(2)14-8-13(9-14)7-6-11(13)12(3,4)5/h10-11H,6-9H2,1-5H3. The van der Waals surface area contributed by atoms with Gasteiger partial charge in [-0.1, -0.05) is 20.8 Å². The Hall–Kier alpha value is -0.0400. The lowest BCUT2D eigenvalue weighted by Crippen LogP contribution is -2.67. The average molecular weight is 195 g/mol. The smallest absolute Gasteiger partial charge is 0.00561 e. The molecule has 1 spiro atoms. The molecule has 1 nitrogen and oxygen atoms in total. The maximum atomic E-state index is 2.62. The fourth-order valence-corrected chi connectivity index (χ4v) is 3.55. The van der Waals surface area contributed by atoms with Crippen LogP contribution in [-0.2, 0) is 0 Å². The van der Waals surface area contributed by atoms with E-state index >= 15 is 0 Å². The van der Waals surface area contributed by atoms with E-state index in [1.54, 1.807) is 0 Å². The van der Waals surface area contributed by atoms with Gasteiger partial charge < -0.3 is 0 Å². The topological polar surface area (TPSA) is 3.24 Å². The Balaban J connectivity index is 1.96. The van der Waals surface area contributed by atoms with Crippen molar-refractivity contribution in [3.05, 3.63) is 0 Å². The molecule has 0 N–H and O–H groups in total. The molecule has 1 heteroatoms.